The second kappa shape index (κ2) is 5.78. The molecular weight excluding hydrogens is 230 g/mol. The van der Waals surface area contributed by atoms with Gasteiger partial charge in [-0.3, -0.25) is 4.21 Å². The van der Waals surface area contributed by atoms with Crippen LogP contribution in [0.5, 0.6) is 0 Å². The van der Waals surface area contributed by atoms with Crippen LogP contribution < -0.4 is 5.32 Å². The van der Waals surface area contributed by atoms with Crippen LogP contribution in [0.1, 0.15) is 31.4 Å². The third kappa shape index (κ3) is 3.39. The maximum atomic E-state index is 12.1. The van der Waals surface area contributed by atoms with Crippen LogP contribution in [0.4, 0.5) is 0 Å². The Kier molecular flexibility index (Phi) is 4.35. The fourth-order valence-electron chi connectivity index (χ4n) is 2.25. The van der Waals surface area contributed by atoms with E-state index in [1.807, 2.05) is 6.07 Å². The van der Waals surface area contributed by atoms with E-state index in [-0.39, 0.29) is 0 Å². The number of fused-ring (bicyclic) bond motifs is 1. The molecule has 1 aromatic rings. The van der Waals surface area contributed by atoms with Gasteiger partial charge in [0, 0.05) is 23.2 Å². The Balaban J connectivity index is 1.95. The van der Waals surface area contributed by atoms with Crippen LogP contribution in [0.15, 0.2) is 23.1 Å². The van der Waals surface area contributed by atoms with Crippen molar-refractivity contribution in [2.24, 2.45) is 0 Å². The Labute approximate surface area is 106 Å². The lowest BCUT2D eigenvalue weighted by molar-refractivity contribution is 0.610. The number of nitrogens with one attached hydrogen (secondary N) is 1. The predicted octanol–water partition coefficient (Wildman–Crippen LogP) is 2.28. The molecule has 1 aliphatic carbocycles. The molecule has 1 aliphatic rings. The third-order valence-electron chi connectivity index (χ3n) is 3.17. The molecule has 1 unspecified atom stereocenters. The van der Waals surface area contributed by atoms with Gasteiger partial charge in [0.25, 0.3) is 0 Å². The van der Waals surface area contributed by atoms with Crippen LogP contribution in [0.2, 0.25) is 0 Å². The Morgan fingerprint density at radius 1 is 1.29 bits per heavy atom. The quantitative estimate of drug-likeness (QED) is 0.870. The Morgan fingerprint density at radius 2 is 2.06 bits per heavy atom. The van der Waals surface area contributed by atoms with Gasteiger partial charge in [-0.05, 0) is 42.5 Å². The van der Waals surface area contributed by atoms with Gasteiger partial charge in [-0.25, -0.2) is 0 Å². The van der Waals surface area contributed by atoms with E-state index in [4.69, 9.17) is 0 Å². The maximum absolute atomic E-state index is 12.1. The molecule has 94 valence electrons. The molecular formula is C14H21NOS. The molecule has 0 bridgehead atoms. The highest BCUT2D eigenvalue weighted by Crippen LogP contribution is 2.24. The van der Waals surface area contributed by atoms with Crippen LogP contribution in [0, 0.1) is 0 Å². The van der Waals surface area contributed by atoms with E-state index in [1.54, 1.807) is 0 Å². The summed E-state index contributed by atoms with van der Waals surface area (Å²) >= 11 is 0. The van der Waals surface area contributed by atoms with Crippen molar-refractivity contribution >= 4 is 10.8 Å². The monoisotopic (exact) mass is 251 g/mol. The summed E-state index contributed by atoms with van der Waals surface area (Å²) in [6.45, 7) is 5.04. The molecule has 1 atom stereocenters. The molecule has 0 heterocycles. The number of benzene rings is 1. The van der Waals surface area contributed by atoms with Crippen LogP contribution >= 0.6 is 0 Å². The molecule has 0 spiro atoms. The van der Waals surface area contributed by atoms with Crippen molar-refractivity contribution in [3.05, 3.63) is 29.3 Å². The van der Waals surface area contributed by atoms with Crippen molar-refractivity contribution in [2.45, 2.75) is 44.0 Å². The van der Waals surface area contributed by atoms with Gasteiger partial charge >= 0.3 is 0 Å². The highest BCUT2D eigenvalue weighted by Gasteiger charge is 2.13. The number of rotatable bonds is 5. The smallest absolute Gasteiger partial charge is 0.0542 e. The van der Waals surface area contributed by atoms with Crippen LogP contribution in [-0.4, -0.2) is 22.5 Å². The lowest BCUT2D eigenvalue weighted by Gasteiger charge is -2.08. The first kappa shape index (κ1) is 12.8. The van der Waals surface area contributed by atoms with Gasteiger partial charge in [-0.15, -0.1) is 0 Å². The second-order valence-corrected chi connectivity index (χ2v) is 6.51. The normalized spacial score (nSPS) is 16.2. The zero-order valence-corrected chi connectivity index (χ0v) is 11.5. The molecule has 0 amide bonds. The van der Waals surface area contributed by atoms with Crippen LogP contribution in [0.25, 0.3) is 0 Å². The van der Waals surface area contributed by atoms with Crippen molar-refractivity contribution in [1.82, 2.24) is 5.32 Å². The van der Waals surface area contributed by atoms with E-state index in [9.17, 15) is 4.21 Å². The average Bonchev–Trinajstić information content (AvgIpc) is 2.75. The Morgan fingerprint density at radius 3 is 2.82 bits per heavy atom. The SMILES string of the molecule is CC(C)NCCS(=O)c1ccc2c(c1)CCC2. The predicted molar refractivity (Wildman–Crippen MR) is 72.9 cm³/mol. The maximum Gasteiger partial charge on any atom is 0.0542 e. The molecule has 1 aromatic carbocycles. The summed E-state index contributed by atoms with van der Waals surface area (Å²) in [6, 6.07) is 6.81. The van der Waals surface area contributed by atoms with Gasteiger partial charge in [0.1, 0.15) is 0 Å². The van der Waals surface area contributed by atoms with Gasteiger partial charge in [-0.1, -0.05) is 19.9 Å². The molecule has 0 aromatic heterocycles. The van der Waals surface area contributed by atoms with E-state index in [1.165, 1.54) is 24.0 Å². The summed E-state index contributed by atoms with van der Waals surface area (Å²) in [7, 11) is -0.855. The molecule has 0 saturated heterocycles. The molecule has 2 rings (SSSR count). The molecule has 3 heteroatoms. The van der Waals surface area contributed by atoms with Gasteiger partial charge in [0.2, 0.25) is 0 Å². The zero-order valence-electron chi connectivity index (χ0n) is 10.7. The molecule has 17 heavy (non-hydrogen) atoms. The summed E-state index contributed by atoms with van der Waals surface area (Å²) in [5.41, 5.74) is 2.86. The van der Waals surface area contributed by atoms with Gasteiger partial charge in [0.15, 0.2) is 0 Å². The second-order valence-electron chi connectivity index (χ2n) is 4.94. The van der Waals surface area contributed by atoms with E-state index in [0.29, 0.717) is 11.8 Å². The number of hydrogen-bond acceptors (Lipinski definition) is 2. The minimum absolute atomic E-state index is 0.465. The molecule has 0 saturated carbocycles. The van der Waals surface area contributed by atoms with Gasteiger partial charge in [-0.2, -0.15) is 0 Å². The van der Waals surface area contributed by atoms with Crippen molar-refractivity contribution in [2.75, 3.05) is 12.3 Å². The van der Waals surface area contributed by atoms with Gasteiger partial charge < -0.3 is 5.32 Å². The molecule has 2 nitrogen and oxygen atoms in total. The van der Waals surface area contributed by atoms with Crippen molar-refractivity contribution in [1.29, 1.82) is 0 Å². The number of aryl methyl sites for hydroxylation is 2. The summed E-state index contributed by atoms with van der Waals surface area (Å²) in [5, 5.41) is 3.31. The molecule has 0 aliphatic heterocycles. The first-order chi connectivity index (χ1) is 8.16. The Hall–Kier alpha value is -0.670. The standard InChI is InChI=1S/C14H21NOS/c1-11(2)15-8-9-17(16)14-7-6-12-4-3-5-13(12)10-14/h6-7,10-11,15H,3-5,8-9H2,1-2H3. The minimum atomic E-state index is -0.855. The van der Waals surface area contributed by atoms with Gasteiger partial charge in [0.05, 0.1) is 10.8 Å². The highest BCUT2D eigenvalue weighted by molar-refractivity contribution is 7.85. The van der Waals surface area contributed by atoms with Crippen molar-refractivity contribution in [3.8, 4) is 0 Å². The minimum Gasteiger partial charge on any atom is -0.314 e. The Bertz CT molecular complexity index is 415. The van der Waals surface area contributed by atoms with Crippen molar-refractivity contribution in [3.63, 3.8) is 0 Å². The average molecular weight is 251 g/mol. The zero-order chi connectivity index (χ0) is 12.3. The van der Waals surface area contributed by atoms with Crippen LogP contribution in [0.3, 0.4) is 0 Å². The summed E-state index contributed by atoms with van der Waals surface area (Å²) in [4.78, 5) is 0.996. The molecule has 0 fully saturated rings. The summed E-state index contributed by atoms with van der Waals surface area (Å²) in [6.07, 6.45) is 3.60. The topological polar surface area (TPSA) is 29.1 Å². The van der Waals surface area contributed by atoms with E-state index in [2.05, 4.69) is 31.3 Å². The summed E-state index contributed by atoms with van der Waals surface area (Å²) < 4.78 is 12.1. The van der Waals surface area contributed by atoms with Crippen molar-refractivity contribution < 1.29 is 4.21 Å². The number of hydrogen-bond donors (Lipinski definition) is 1. The fourth-order valence-corrected chi connectivity index (χ4v) is 3.28. The fraction of sp³-hybridized carbons (Fsp3) is 0.571. The highest BCUT2D eigenvalue weighted by atomic mass is 32.2. The molecule has 1 N–H and O–H groups in total. The largest absolute Gasteiger partial charge is 0.314 e. The first-order valence-corrected chi connectivity index (χ1v) is 7.72. The van der Waals surface area contributed by atoms with E-state index < -0.39 is 10.8 Å². The first-order valence-electron chi connectivity index (χ1n) is 6.40. The van der Waals surface area contributed by atoms with E-state index in [0.717, 1.165) is 17.9 Å². The summed E-state index contributed by atoms with van der Waals surface area (Å²) in [5.74, 6) is 0.705. The lowest BCUT2D eigenvalue weighted by atomic mass is 10.1. The molecule has 0 radical (unpaired) electrons. The van der Waals surface area contributed by atoms with Crippen LogP contribution in [-0.2, 0) is 23.6 Å². The third-order valence-corrected chi connectivity index (χ3v) is 4.53. The lowest BCUT2D eigenvalue weighted by Crippen LogP contribution is -2.27. The van der Waals surface area contributed by atoms with E-state index >= 15 is 0 Å².